The van der Waals surface area contributed by atoms with Crippen molar-refractivity contribution < 1.29 is 33.2 Å². The number of phenols is 1. The number of halogens is 3. The monoisotopic (exact) mass is 539 g/mol. The molecule has 3 heterocycles. The molecule has 202 valence electrons. The minimum Gasteiger partial charge on any atom is -0.508 e. The fourth-order valence-electron chi connectivity index (χ4n) is 4.80. The number of rotatable bonds is 8. The van der Waals surface area contributed by atoms with Crippen molar-refractivity contribution >= 4 is 27.5 Å². The van der Waals surface area contributed by atoms with Crippen LogP contribution >= 0.6 is 0 Å². The summed E-state index contributed by atoms with van der Waals surface area (Å²) in [6.45, 7) is 2.66. The van der Waals surface area contributed by atoms with E-state index in [9.17, 15) is 29.4 Å². The van der Waals surface area contributed by atoms with Gasteiger partial charge in [-0.25, -0.2) is 28.1 Å². The number of aromatic hydroxyl groups is 1. The molecule has 0 amide bonds. The predicted octanol–water partition coefficient (Wildman–Crippen LogP) is 4.43. The van der Waals surface area contributed by atoms with Gasteiger partial charge in [0.15, 0.2) is 30.5 Å². The first-order valence-electron chi connectivity index (χ1n) is 12.4. The molecule has 1 aliphatic rings. The Hall–Kier alpha value is -4.21. The van der Waals surface area contributed by atoms with E-state index in [1.807, 2.05) is 0 Å². The minimum absolute atomic E-state index is 0.0223. The summed E-state index contributed by atoms with van der Waals surface area (Å²) in [5, 5.41) is 39.0. The summed E-state index contributed by atoms with van der Waals surface area (Å²) in [7, 11) is 0. The van der Waals surface area contributed by atoms with Gasteiger partial charge in [0.2, 0.25) is 5.88 Å². The Kier molecular flexibility index (Phi) is 7.12. The SMILES string of the molecule is CCCCCCN1COc2nc(-c3cc(O)cc4cc(F)c(F)c(C#N)c34)c(F)c3nc(CC(O)O)nc1c23. The van der Waals surface area contributed by atoms with Crippen LogP contribution in [0.3, 0.4) is 0 Å². The molecule has 0 saturated carbocycles. The zero-order chi connectivity index (χ0) is 27.8. The van der Waals surface area contributed by atoms with Crippen LogP contribution < -0.4 is 9.64 Å². The Labute approximate surface area is 220 Å². The summed E-state index contributed by atoms with van der Waals surface area (Å²) in [5.74, 6) is -3.87. The van der Waals surface area contributed by atoms with Crippen LogP contribution in [0.5, 0.6) is 11.6 Å². The molecule has 2 aromatic heterocycles. The zero-order valence-electron chi connectivity index (χ0n) is 20.9. The molecule has 0 radical (unpaired) electrons. The van der Waals surface area contributed by atoms with Crippen LogP contribution in [0.2, 0.25) is 0 Å². The number of nitriles is 1. The lowest BCUT2D eigenvalue weighted by molar-refractivity contribution is -0.0394. The van der Waals surface area contributed by atoms with Crippen molar-refractivity contribution in [2.45, 2.75) is 45.3 Å². The van der Waals surface area contributed by atoms with Gasteiger partial charge >= 0.3 is 0 Å². The van der Waals surface area contributed by atoms with E-state index in [1.54, 1.807) is 11.0 Å². The van der Waals surface area contributed by atoms with Gasteiger partial charge in [-0.15, -0.1) is 0 Å². The normalized spacial score (nSPS) is 12.8. The largest absolute Gasteiger partial charge is 0.508 e. The van der Waals surface area contributed by atoms with E-state index >= 15 is 4.39 Å². The second-order valence-electron chi connectivity index (χ2n) is 9.30. The summed E-state index contributed by atoms with van der Waals surface area (Å²) in [6.07, 6.45) is 1.70. The number of hydrogen-bond donors (Lipinski definition) is 3. The number of aromatic nitrogens is 3. The Morgan fingerprint density at radius 1 is 1.05 bits per heavy atom. The van der Waals surface area contributed by atoms with Gasteiger partial charge in [-0.3, -0.25) is 0 Å². The molecular formula is C27H24F3N5O4. The quantitative estimate of drug-likeness (QED) is 0.219. The van der Waals surface area contributed by atoms with E-state index in [0.29, 0.717) is 12.4 Å². The van der Waals surface area contributed by atoms with E-state index < -0.39 is 40.7 Å². The molecule has 0 fully saturated rings. The van der Waals surface area contributed by atoms with Gasteiger partial charge in [0, 0.05) is 17.5 Å². The number of aliphatic hydroxyl groups is 2. The number of ether oxygens (including phenoxy) is 1. The molecule has 1 aliphatic heterocycles. The Balaban J connectivity index is 1.77. The lowest BCUT2D eigenvalue weighted by Crippen LogP contribution is -2.34. The number of pyridine rings is 1. The molecule has 5 rings (SSSR count). The van der Waals surface area contributed by atoms with E-state index in [2.05, 4.69) is 21.9 Å². The number of aliphatic hydroxyl groups excluding tert-OH is 1. The van der Waals surface area contributed by atoms with Crippen LogP contribution in [0.15, 0.2) is 18.2 Å². The Morgan fingerprint density at radius 2 is 1.85 bits per heavy atom. The average Bonchev–Trinajstić information content (AvgIpc) is 2.89. The fraction of sp³-hybridized carbons (Fsp3) is 0.333. The molecule has 0 unspecified atom stereocenters. The van der Waals surface area contributed by atoms with Gasteiger partial charge in [-0.05, 0) is 30.0 Å². The van der Waals surface area contributed by atoms with E-state index in [0.717, 1.165) is 43.9 Å². The molecule has 9 nitrogen and oxygen atoms in total. The molecule has 2 aromatic carbocycles. The highest BCUT2D eigenvalue weighted by Gasteiger charge is 2.30. The molecule has 0 aliphatic carbocycles. The topological polar surface area (TPSA) is 136 Å². The van der Waals surface area contributed by atoms with E-state index in [-0.39, 0.29) is 52.1 Å². The summed E-state index contributed by atoms with van der Waals surface area (Å²) in [5.41, 5.74) is -1.52. The van der Waals surface area contributed by atoms with Gasteiger partial charge in [0.05, 0.1) is 12.0 Å². The van der Waals surface area contributed by atoms with Crippen molar-refractivity contribution in [1.29, 1.82) is 5.26 Å². The number of benzene rings is 2. The second kappa shape index (κ2) is 10.5. The third kappa shape index (κ3) is 4.75. The van der Waals surface area contributed by atoms with Crippen molar-refractivity contribution in [2.24, 2.45) is 0 Å². The van der Waals surface area contributed by atoms with Crippen molar-refractivity contribution in [2.75, 3.05) is 18.2 Å². The number of phenolic OH excluding ortho intramolecular Hbond substituents is 1. The fourth-order valence-corrected chi connectivity index (χ4v) is 4.80. The third-order valence-corrected chi connectivity index (χ3v) is 6.56. The molecule has 0 spiro atoms. The standard InChI is InChI=1S/C27H24F3N5O4/c1-2-3-4-5-6-35-12-39-27-21-25(32-18(10-19(37)38)33-26(21)35)23(30)24(34-27)15-9-14(36)7-13-8-17(28)22(29)16(11-31)20(13)15/h7-9,19,36-38H,2-6,10,12H2,1H3. The van der Waals surface area contributed by atoms with Crippen molar-refractivity contribution in [3.63, 3.8) is 0 Å². The maximum Gasteiger partial charge on any atom is 0.229 e. The van der Waals surface area contributed by atoms with E-state index in [1.165, 1.54) is 0 Å². The maximum atomic E-state index is 16.3. The highest BCUT2D eigenvalue weighted by molar-refractivity contribution is 6.04. The molecule has 0 atom stereocenters. The molecule has 12 heteroatoms. The van der Waals surface area contributed by atoms with Gasteiger partial charge < -0.3 is 25.0 Å². The van der Waals surface area contributed by atoms with Crippen LogP contribution in [0.25, 0.3) is 32.9 Å². The first-order chi connectivity index (χ1) is 18.7. The van der Waals surface area contributed by atoms with Crippen molar-refractivity contribution in [3.8, 4) is 29.0 Å². The third-order valence-electron chi connectivity index (χ3n) is 6.56. The molecular weight excluding hydrogens is 515 g/mol. The first-order valence-corrected chi connectivity index (χ1v) is 12.4. The van der Waals surface area contributed by atoms with Crippen molar-refractivity contribution in [3.05, 3.63) is 47.0 Å². The smallest absolute Gasteiger partial charge is 0.229 e. The zero-order valence-corrected chi connectivity index (χ0v) is 20.9. The van der Waals surface area contributed by atoms with Crippen LogP contribution in [-0.2, 0) is 6.42 Å². The number of unbranched alkanes of at least 4 members (excludes halogenated alkanes) is 3. The number of anilines is 1. The summed E-state index contributed by atoms with van der Waals surface area (Å²) >= 11 is 0. The lowest BCUT2D eigenvalue weighted by Gasteiger charge is -2.30. The lowest BCUT2D eigenvalue weighted by atomic mass is 9.95. The van der Waals surface area contributed by atoms with Crippen molar-refractivity contribution in [1.82, 2.24) is 15.0 Å². The van der Waals surface area contributed by atoms with E-state index in [4.69, 9.17) is 4.74 Å². The Bertz CT molecular complexity index is 1640. The predicted molar refractivity (Wildman–Crippen MR) is 135 cm³/mol. The Morgan fingerprint density at radius 3 is 2.56 bits per heavy atom. The molecule has 4 aromatic rings. The maximum absolute atomic E-state index is 16.3. The number of hydrogen-bond acceptors (Lipinski definition) is 9. The van der Waals surface area contributed by atoms with Crippen LogP contribution in [0, 0.1) is 28.8 Å². The number of fused-ring (bicyclic) bond motifs is 1. The van der Waals surface area contributed by atoms with Gasteiger partial charge in [-0.1, -0.05) is 26.2 Å². The van der Waals surface area contributed by atoms with Crippen LogP contribution in [0.1, 0.15) is 44.0 Å². The molecule has 0 saturated heterocycles. The molecule has 3 N–H and O–H groups in total. The van der Waals surface area contributed by atoms with Gasteiger partial charge in [-0.2, -0.15) is 5.26 Å². The summed E-state index contributed by atoms with van der Waals surface area (Å²) in [4.78, 5) is 14.8. The average molecular weight is 540 g/mol. The molecule has 0 bridgehead atoms. The van der Waals surface area contributed by atoms with Gasteiger partial charge in [0.25, 0.3) is 0 Å². The van der Waals surface area contributed by atoms with Gasteiger partial charge in [0.1, 0.15) is 40.1 Å². The highest BCUT2D eigenvalue weighted by Crippen LogP contribution is 2.43. The highest BCUT2D eigenvalue weighted by atomic mass is 19.2. The summed E-state index contributed by atoms with van der Waals surface area (Å²) < 4.78 is 50.9. The second-order valence-corrected chi connectivity index (χ2v) is 9.30. The minimum atomic E-state index is -1.79. The number of nitrogens with zero attached hydrogens (tertiary/aromatic N) is 5. The first kappa shape index (κ1) is 26.4. The van der Waals surface area contributed by atoms with Crippen LogP contribution in [-0.4, -0.2) is 49.8 Å². The molecule has 39 heavy (non-hydrogen) atoms. The van der Waals surface area contributed by atoms with Crippen LogP contribution in [0.4, 0.5) is 19.0 Å². The summed E-state index contributed by atoms with van der Waals surface area (Å²) in [6, 6.07) is 4.63.